The fraction of sp³-hybridized carbons (Fsp3) is 0.300. The van der Waals surface area contributed by atoms with Gasteiger partial charge >= 0.3 is 5.97 Å². The minimum Gasteiger partial charge on any atom is -0.465 e. The number of esters is 1. The molecule has 26 heavy (non-hydrogen) atoms. The quantitative estimate of drug-likeness (QED) is 0.836. The van der Waals surface area contributed by atoms with E-state index in [4.69, 9.17) is 9.47 Å². The van der Waals surface area contributed by atoms with Gasteiger partial charge in [0.1, 0.15) is 0 Å². The number of carbonyl (C=O) groups excluding carboxylic acids is 2. The third-order valence-electron chi connectivity index (χ3n) is 4.31. The molecular formula is C20H22N2O4. The summed E-state index contributed by atoms with van der Waals surface area (Å²) in [6, 6.07) is 14.3. The number of morpholine rings is 1. The van der Waals surface area contributed by atoms with E-state index in [2.05, 4.69) is 10.2 Å². The van der Waals surface area contributed by atoms with Crippen LogP contribution in [0.2, 0.25) is 0 Å². The SMILES string of the molecule is COC(=O)c1ccccc1NC(=O)c1ccc(CN2CCOCC2)cc1. The zero-order chi connectivity index (χ0) is 18.4. The molecule has 0 unspecified atom stereocenters. The number of para-hydroxylation sites is 1. The summed E-state index contributed by atoms with van der Waals surface area (Å²) in [6.45, 7) is 4.22. The molecule has 0 saturated carbocycles. The molecule has 2 aromatic carbocycles. The van der Waals surface area contributed by atoms with Gasteiger partial charge < -0.3 is 14.8 Å². The van der Waals surface area contributed by atoms with Crippen LogP contribution in [0.25, 0.3) is 0 Å². The number of amides is 1. The number of methoxy groups -OCH3 is 1. The second kappa shape index (κ2) is 8.60. The van der Waals surface area contributed by atoms with Gasteiger partial charge in [-0.3, -0.25) is 9.69 Å². The number of carbonyl (C=O) groups is 2. The van der Waals surface area contributed by atoms with E-state index in [0.717, 1.165) is 38.4 Å². The first-order valence-corrected chi connectivity index (χ1v) is 8.55. The Hall–Kier alpha value is -2.70. The first-order valence-electron chi connectivity index (χ1n) is 8.55. The maximum atomic E-state index is 12.5. The Morgan fingerprint density at radius 2 is 1.77 bits per heavy atom. The highest BCUT2D eigenvalue weighted by atomic mass is 16.5. The standard InChI is InChI=1S/C20H22N2O4/c1-25-20(24)17-4-2-3-5-18(17)21-19(23)16-8-6-15(7-9-16)14-22-10-12-26-13-11-22/h2-9H,10-14H2,1H3,(H,21,23). The van der Waals surface area contributed by atoms with E-state index in [0.29, 0.717) is 16.8 Å². The number of anilines is 1. The smallest absolute Gasteiger partial charge is 0.339 e. The van der Waals surface area contributed by atoms with E-state index in [1.165, 1.54) is 7.11 Å². The maximum absolute atomic E-state index is 12.5. The summed E-state index contributed by atoms with van der Waals surface area (Å²) in [7, 11) is 1.31. The molecule has 1 heterocycles. The van der Waals surface area contributed by atoms with Crippen molar-refractivity contribution in [3.8, 4) is 0 Å². The lowest BCUT2D eigenvalue weighted by Crippen LogP contribution is -2.35. The van der Waals surface area contributed by atoms with Crippen LogP contribution in [-0.4, -0.2) is 50.2 Å². The minimum absolute atomic E-state index is 0.265. The fourth-order valence-corrected chi connectivity index (χ4v) is 2.85. The summed E-state index contributed by atoms with van der Waals surface area (Å²) >= 11 is 0. The van der Waals surface area contributed by atoms with E-state index in [1.54, 1.807) is 36.4 Å². The average Bonchev–Trinajstić information content (AvgIpc) is 2.69. The van der Waals surface area contributed by atoms with Crippen LogP contribution < -0.4 is 5.32 Å². The summed E-state index contributed by atoms with van der Waals surface area (Å²) in [5.74, 6) is -0.749. The summed E-state index contributed by atoms with van der Waals surface area (Å²) in [4.78, 5) is 26.6. The van der Waals surface area contributed by atoms with Crippen molar-refractivity contribution >= 4 is 17.6 Å². The van der Waals surface area contributed by atoms with Crippen LogP contribution in [0.1, 0.15) is 26.3 Å². The summed E-state index contributed by atoms with van der Waals surface area (Å²) in [5, 5.41) is 2.78. The number of rotatable bonds is 5. The highest BCUT2D eigenvalue weighted by molar-refractivity contribution is 6.07. The monoisotopic (exact) mass is 354 g/mol. The van der Waals surface area contributed by atoms with Crippen LogP contribution in [0, 0.1) is 0 Å². The van der Waals surface area contributed by atoms with Crippen LogP contribution in [0.4, 0.5) is 5.69 Å². The van der Waals surface area contributed by atoms with Gasteiger partial charge in [-0.25, -0.2) is 4.79 Å². The molecule has 1 N–H and O–H groups in total. The molecule has 1 fully saturated rings. The topological polar surface area (TPSA) is 67.9 Å². The van der Waals surface area contributed by atoms with Crippen molar-refractivity contribution in [3.05, 3.63) is 65.2 Å². The third-order valence-corrected chi connectivity index (χ3v) is 4.31. The van der Waals surface area contributed by atoms with Crippen LogP contribution in [0.3, 0.4) is 0 Å². The number of nitrogens with one attached hydrogen (secondary N) is 1. The summed E-state index contributed by atoms with van der Waals surface area (Å²) < 4.78 is 10.1. The van der Waals surface area contributed by atoms with Gasteiger partial charge in [-0.05, 0) is 29.8 Å². The van der Waals surface area contributed by atoms with E-state index < -0.39 is 5.97 Å². The number of hydrogen-bond donors (Lipinski definition) is 1. The van der Waals surface area contributed by atoms with E-state index in [-0.39, 0.29) is 5.91 Å². The van der Waals surface area contributed by atoms with Gasteiger partial charge in [-0.2, -0.15) is 0 Å². The predicted molar refractivity (Wildman–Crippen MR) is 98.3 cm³/mol. The summed E-state index contributed by atoms with van der Waals surface area (Å²) in [5.41, 5.74) is 2.45. The van der Waals surface area contributed by atoms with Crippen molar-refractivity contribution in [1.29, 1.82) is 0 Å². The average molecular weight is 354 g/mol. The lowest BCUT2D eigenvalue weighted by atomic mass is 10.1. The molecule has 6 nitrogen and oxygen atoms in total. The van der Waals surface area contributed by atoms with Crippen LogP contribution >= 0.6 is 0 Å². The van der Waals surface area contributed by atoms with Crippen LogP contribution in [-0.2, 0) is 16.0 Å². The van der Waals surface area contributed by atoms with Crippen molar-refractivity contribution < 1.29 is 19.1 Å². The highest BCUT2D eigenvalue weighted by Gasteiger charge is 2.15. The van der Waals surface area contributed by atoms with Gasteiger partial charge in [-0.15, -0.1) is 0 Å². The van der Waals surface area contributed by atoms with Crippen molar-refractivity contribution in [3.63, 3.8) is 0 Å². The van der Waals surface area contributed by atoms with E-state index >= 15 is 0 Å². The first-order chi connectivity index (χ1) is 12.7. The lowest BCUT2D eigenvalue weighted by molar-refractivity contribution is 0.0342. The Morgan fingerprint density at radius 1 is 1.08 bits per heavy atom. The number of hydrogen-bond acceptors (Lipinski definition) is 5. The fourth-order valence-electron chi connectivity index (χ4n) is 2.85. The van der Waals surface area contributed by atoms with Crippen molar-refractivity contribution in [2.75, 3.05) is 38.7 Å². The van der Waals surface area contributed by atoms with Crippen molar-refractivity contribution in [1.82, 2.24) is 4.90 Å². The minimum atomic E-state index is -0.484. The van der Waals surface area contributed by atoms with Gasteiger partial charge in [-0.1, -0.05) is 24.3 Å². The van der Waals surface area contributed by atoms with Gasteiger partial charge in [0.15, 0.2) is 0 Å². The van der Waals surface area contributed by atoms with Crippen LogP contribution in [0.15, 0.2) is 48.5 Å². The molecular weight excluding hydrogens is 332 g/mol. The molecule has 0 radical (unpaired) electrons. The van der Waals surface area contributed by atoms with E-state index in [9.17, 15) is 9.59 Å². The number of nitrogens with zero attached hydrogens (tertiary/aromatic N) is 1. The Kier molecular flexibility index (Phi) is 5.99. The van der Waals surface area contributed by atoms with Gasteiger partial charge in [0.25, 0.3) is 5.91 Å². The molecule has 1 aliphatic heterocycles. The van der Waals surface area contributed by atoms with Gasteiger partial charge in [0.05, 0.1) is 31.6 Å². The molecule has 2 aromatic rings. The number of ether oxygens (including phenoxy) is 2. The molecule has 0 atom stereocenters. The molecule has 0 spiro atoms. The van der Waals surface area contributed by atoms with Crippen LogP contribution in [0.5, 0.6) is 0 Å². The van der Waals surface area contributed by atoms with Gasteiger partial charge in [0.2, 0.25) is 0 Å². The maximum Gasteiger partial charge on any atom is 0.339 e. The Labute approximate surface area is 152 Å². The Balaban J connectivity index is 1.66. The molecule has 0 aromatic heterocycles. The molecule has 1 aliphatic rings. The second-order valence-electron chi connectivity index (χ2n) is 6.08. The van der Waals surface area contributed by atoms with Gasteiger partial charge in [0, 0.05) is 25.2 Å². The second-order valence-corrected chi connectivity index (χ2v) is 6.08. The van der Waals surface area contributed by atoms with Crippen molar-refractivity contribution in [2.24, 2.45) is 0 Å². The molecule has 0 bridgehead atoms. The molecule has 6 heteroatoms. The van der Waals surface area contributed by atoms with Crippen molar-refractivity contribution in [2.45, 2.75) is 6.54 Å². The summed E-state index contributed by atoms with van der Waals surface area (Å²) in [6.07, 6.45) is 0. The molecule has 136 valence electrons. The Morgan fingerprint density at radius 3 is 2.46 bits per heavy atom. The van der Waals surface area contributed by atoms with E-state index in [1.807, 2.05) is 12.1 Å². The largest absolute Gasteiger partial charge is 0.465 e. The molecule has 1 amide bonds. The number of benzene rings is 2. The lowest BCUT2D eigenvalue weighted by Gasteiger charge is -2.26. The third kappa shape index (κ3) is 4.47. The normalized spacial score (nSPS) is 14.7. The Bertz CT molecular complexity index is 768. The highest BCUT2D eigenvalue weighted by Crippen LogP contribution is 2.17. The zero-order valence-electron chi connectivity index (χ0n) is 14.7. The first kappa shape index (κ1) is 18.1. The predicted octanol–water partition coefficient (Wildman–Crippen LogP) is 2.56. The molecule has 3 rings (SSSR count). The zero-order valence-corrected chi connectivity index (χ0v) is 14.7. The molecule has 0 aliphatic carbocycles. The molecule has 1 saturated heterocycles.